The molecule has 0 bridgehead atoms. The van der Waals surface area contributed by atoms with Crippen molar-refractivity contribution in [3.8, 4) is 0 Å². The Kier molecular flexibility index (Phi) is 14.5. The Morgan fingerprint density at radius 1 is 0.591 bits per heavy atom. The van der Waals surface area contributed by atoms with Crippen LogP contribution in [0, 0.1) is 49.4 Å². The Balaban J connectivity index is 0.00000529. The van der Waals surface area contributed by atoms with Gasteiger partial charge >= 0.3 is 49.4 Å². The summed E-state index contributed by atoms with van der Waals surface area (Å²) in [5, 5.41) is 40.0. The minimum absolute atomic E-state index is 0. The van der Waals surface area contributed by atoms with Gasteiger partial charge in [-0.15, -0.1) is 0 Å². The normalized spacial score (nSPS) is 16.5. The number of aromatic nitrogens is 1. The summed E-state index contributed by atoms with van der Waals surface area (Å²) >= 11 is 0. The van der Waals surface area contributed by atoms with E-state index in [9.17, 15) is 34.5 Å². The second-order valence-electron chi connectivity index (χ2n) is 10.6. The van der Waals surface area contributed by atoms with Crippen LogP contribution < -0.4 is 20.6 Å². The number of aliphatic carboxylic acids is 3. The van der Waals surface area contributed by atoms with Crippen molar-refractivity contribution in [2.45, 2.75) is 6.54 Å². The van der Waals surface area contributed by atoms with E-state index in [2.05, 4.69) is 5.32 Å². The minimum Gasteiger partial charge on any atom is -0.549 e. The maximum absolute atomic E-state index is 13.1. The summed E-state index contributed by atoms with van der Waals surface area (Å²) in [4.78, 5) is 58.6. The first-order chi connectivity index (χ1) is 20.7. The van der Waals surface area contributed by atoms with Crippen molar-refractivity contribution in [2.75, 3.05) is 78.5 Å². The molecule has 0 unspecified atom stereocenters. The van der Waals surface area contributed by atoms with Crippen molar-refractivity contribution >= 4 is 45.5 Å². The predicted octanol–water partition coefficient (Wildman–Crippen LogP) is -3.52. The molecule has 0 radical (unpaired) electrons. The van der Waals surface area contributed by atoms with Gasteiger partial charge in [0.15, 0.2) is 0 Å². The first-order valence-electron chi connectivity index (χ1n) is 14.2. The molecule has 0 saturated carbocycles. The van der Waals surface area contributed by atoms with E-state index in [1.54, 1.807) is 14.7 Å². The molecule has 1 aliphatic heterocycles. The molecular formula is C30H35EuN6O7. The van der Waals surface area contributed by atoms with Crippen LogP contribution in [0.5, 0.6) is 0 Å². The second kappa shape index (κ2) is 17.8. The van der Waals surface area contributed by atoms with E-state index in [0.29, 0.717) is 13.1 Å². The smallest absolute Gasteiger partial charge is 0.549 e. The van der Waals surface area contributed by atoms with Crippen molar-refractivity contribution in [1.82, 2.24) is 29.9 Å². The van der Waals surface area contributed by atoms with Crippen LogP contribution in [0.25, 0.3) is 21.7 Å². The van der Waals surface area contributed by atoms with Crippen LogP contribution >= 0.6 is 0 Å². The molecule has 2 heterocycles. The fourth-order valence-corrected chi connectivity index (χ4v) is 5.31. The quantitative estimate of drug-likeness (QED) is 0.203. The van der Waals surface area contributed by atoms with E-state index in [1.165, 1.54) is 0 Å². The molecule has 0 aliphatic carbocycles. The average molecular weight is 744 g/mol. The standard InChI is InChI=1S/C30H38N6O7.Eu/c37-27(31-17-26-24-7-2-1-5-22(24)23-6-3-4-8-25(23)32-26)18-33-9-11-34(19-28(38)39)13-15-36(21-30(42)43)16-14-35(12-10-33)20-29(40)41;/h1-8H,9-21H2,(H,31,37)(H,38,39)(H,40,41)(H,42,43);/q;+3/p-3. The van der Waals surface area contributed by atoms with Crippen LogP contribution in [0.4, 0.5) is 0 Å². The number of nitrogens with zero attached hydrogens (tertiary/aromatic N) is 5. The van der Waals surface area contributed by atoms with Crippen LogP contribution in [0.15, 0.2) is 48.5 Å². The van der Waals surface area contributed by atoms with Gasteiger partial charge in [0.2, 0.25) is 5.91 Å². The molecule has 1 aliphatic rings. The molecule has 13 nitrogen and oxygen atoms in total. The van der Waals surface area contributed by atoms with Gasteiger partial charge in [0, 0.05) is 82.8 Å². The first-order valence-corrected chi connectivity index (χ1v) is 14.2. The van der Waals surface area contributed by atoms with E-state index < -0.39 is 17.9 Å². The van der Waals surface area contributed by atoms with Gasteiger partial charge in [-0.3, -0.25) is 29.4 Å². The Morgan fingerprint density at radius 3 is 1.43 bits per heavy atom. The zero-order valence-corrected chi connectivity index (χ0v) is 26.7. The van der Waals surface area contributed by atoms with Crippen LogP contribution in [-0.4, -0.2) is 127 Å². The third-order valence-corrected chi connectivity index (χ3v) is 7.50. The number of amides is 1. The van der Waals surface area contributed by atoms with Crippen molar-refractivity contribution in [3.63, 3.8) is 0 Å². The molecule has 44 heavy (non-hydrogen) atoms. The number of carboxylic acid groups (broad SMARTS) is 3. The van der Waals surface area contributed by atoms with Gasteiger partial charge in [-0.25, -0.2) is 0 Å². The topological polar surface area (TPSA) is 175 Å². The third-order valence-electron chi connectivity index (χ3n) is 7.50. The molecule has 14 heteroatoms. The minimum atomic E-state index is -1.28. The molecule has 234 valence electrons. The number of carbonyl (C=O) groups is 4. The van der Waals surface area contributed by atoms with E-state index in [4.69, 9.17) is 4.98 Å². The number of rotatable bonds is 10. The summed E-state index contributed by atoms with van der Waals surface area (Å²) in [5.41, 5.74) is 1.56. The molecule has 0 spiro atoms. The van der Waals surface area contributed by atoms with Gasteiger partial charge in [0.1, 0.15) is 0 Å². The molecule has 1 saturated heterocycles. The molecule has 1 aromatic heterocycles. The molecule has 1 fully saturated rings. The van der Waals surface area contributed by atoms with Gasteiger partial charge in [-0.05, 0) is 11.5 Å². The monoisotopic (exact) mass is 744 g/mol. The van der Waals surface area contributed by atoms with Gasteiger partial charge in [-0.1, -0.05) is 42.5 Å². The summed E-state index contributed by atoms with van der Waals surface area (Å²) < 4.78 is 0. The van der Waals surface area contributed by atoms with E-state index in [-0.39, 0.29) is 127 Å². The van der Waals surface area contributed by atoms with Gasteiger partial charge in [-0.2, -0.15) is 0 Å². The van der Waals surface area contributed by atoms with E-state index in [1.807, 2.05) is 53.4 Å². The molecule has 1 N–H and O–H groups in total. The SMILES string of the molecule is O=C([O-])CN1CCN(CC(=O)[O-])CCN(CC(=O)NCc2nc3ccccc3c3ccccc23)CCN(CC(=O)[O-])CC1.[Eu+3]. The maximum atomic E-state index is 13.1. The third kappa shape index (κ3) is 11.1. The van der Waals surface area contributed by atoms with Gasteiger partial charge in [0.25, 0.3) is 0 Å². The number of pyridine rings is 1. The van der Waals surface area contributed by atoms with E-state index >= 15 is 0 Å². The Hall–Kier alpha value is -2.59. The largest absolute Gasteiger partial charge is 3.00 e. The summed E-state index contributed by atoms with van der Waals surface area (Å²) in [6, 6.07) is 15.7. The molecule has 0 atom stereocenters. The molecule has 1 amide bonds. The number of nitrogens with one attached hydrogen (secondary N) is 1. The number of hydrogen-bond acceptors (Lipinski definition) is 12. The Labute approximate surface area is 296 Å². The number of carboxylic acids is 3. The summed E-state index contributed by atoms with van der Waals surface area (Å²) in [6.45, 7) is 1.26. The first kappa shape index (κ1) is 35.9. The fraction of sp³-hybridized carbons (Fsp3) is 0.433. The Morgan fingerprint density at radius 2 is 0.977 bits per heavy atom. The molecular weight excluding hydrogens is 708 g/mol. The summed E-state index contributed by atoms with van der Waals surface area (Å²) in [7, 11) is 0. The fourth-order valence-electron chi connectivity index (χ4n) is 5.31. The zero-order chi connectivity index (χ0) is 30.8. The number of para-hydroxylation sites is 1. The maximum Gasteiger partial charge on any atom is 3.00 e. The van der Waals surface area contributed by atoms with Gasteiger partial charge in [0.05, 0.1) is 42.2 Å². The van der Waals surface area contributed by atoms with Crippen LogP contribution in [-0.2, 0) is 25.7 Å². The number of hydrogen-bond donors (Lipinski definition) is 1. The Bertz CT molecular complexity index is 1430. The van der Waals surface area contributed by atoms with Crippen molar-refractivity contribution < 1.29 is 83.9 Å². The molecule has 3 aromatic rings. The second-order valence-corrected chi connectivity index (χ2v) is 10.6. The zero-order valence-electron chi connectivity index (χ0n) is 24.3. The van der Waals surface area contributed by atoms with Crippen molar-refractivity contribution in [2.24, 2.45) is 0 Å². The van der Waals surface area contributed by atoms with Gasteiger partial charge < -0.3 is 35.0 Å². The average Bonchev–Trinajstić information content (AvgIpc) is 2.96. The van der Waals surface area contributed by atoms with E-state index in [0.717, 1.165) is 27.4 Å². The molecule has 2 aromatic carbocycles. The van der Waals surface area contributed by atoms with Crippen LogP contribution in [0.3, 0.4) is 0 Å². The number of benzene rings is 2. The van der Waals surface area contributed by atoms with Crippen molar-refractivity contribution in [1.29, 1.82) is 0 Å². The number of carbonyl (C=O) groups excluding carboxylic acids is 4. The molecule has 4 rings (SSSR count). The summed E-state index contributed by atoms with van der Waals surface area (Å²) in [5.74, 6) is -4.07. The predicted molar refractivity (Wildman–Crippen MR) is 152 cm³/mol. The number of fused-ring (bicyclic) bond motifs is 3. The van der Waals surface area contributed by atoms with Crippen molar-refractivity contribution in [3.05, 3.63) is 54.2 Å². The summed E-state index contributed by atoms with van der Waals surface area (Å²) in [6.07, 6.45) is 0. The van der Waals surface area contributed by atoms with Crippen LogP contribution in [0.1, 0.15) is 5.69 Å². The van der Waals surface area contributed by atoms with Crippen LogP contribution in [0.2, 0.25) is 0 Å².